The molecular formula is C6H7ClF2N2O. The van der Waals surface area contributed by atoms with Crippen molar-refractivity contribution in [3.05, 3.63) is 18.3 Å². The molecule has 0 amide bonds. The SMILES string of the molecule is Cl.Nc1cc(OC(F)F)ccn1. The second kappa shape index (κ2) is 4.71. The number of hydrogen-bond donors (Lipinski definition) is 1. The molecule has 2 N–H and O–H groups in total. The average Bonchev–Trinajstić information content (AvgIpc) is 1.85. The summed E-state index contributed by atoms with van der Waals surface area (Å²) in [5.74, 6) is 0.177. The van der Waals surface area contributed by atoms with Crippen LogP contribution < -0.4 is 10.5 Å². The van der Waals surface area contributed by atoms with Gasteiger partial charge >= 0.3 is 6.61 Å². The monoisotopic (exact) mass is 196 g/mol. The first-order chi connectivity index (χ1) is 5.18. The van der Waals surface area contributed by atoms with Gasteiger partial charge in [0.25, 0.3) is 0 Å². The lowest BCUT2D eigenvalue weighted by Gasteiger charge is -2.02. The van der Waals surface area contributed by atoms with Crippen molar-refractivity contribution in [2.75, 3.05) is 5.73 Å². The lowest BCUT2D eigenvalue weighted by molar-refractivity contribution is -0.0498. The van der Waals surface area contributed by atoms with Gasteiger partial charge in [-0.05, 0) is 6.07 Å². The van der Waals surface area contributed by atoms with Crippen LogP contribution in [-0.2, 0) is 0 Å². The Kier molecular flexibility index (Phi) is 4.28. The predicted octanol–water partition coefficient (Wildman–Crippen LogP) is 1.69. The molecule has 0 bridgehead atoms. The van der Waals surface area contributed by atoms with Crippen molar-refractivity contribution in [2.24, 2.45) is 0 Å². The zero-order chi connectivity index (χ0) is 8.27. The minimum absolute atomic E-state index is 0. The minimum Gasteiger partial charge on any atom is -0.435 e. The fraction of sp³-hybridized carbons (Fsp3) is 0.167. The minimum atomic E-state index is -2.82. The molecule has 0 radical (unpaired) electrons. The number of hydrogen-bond acceptors (Lipinski definition) is 3. The van der Waals surface area contributed by atoms with Gasteiger partial charge in [0, 0.05) is 12.3 Å². The Hall–Kier alpha value is -1.10. The summed E-state index contributed by atoms with van der Waals surface area (Å²) in [6.07, 6.45) is 1.30. The number of pyridine rings is 1. The van der Waals surface area contributed by atoms with E-state index in [-0.39, 0.29) is 24.0 Å². The Morgan fingerprint density at radius 3 is 2.67 bits per heavy atom. The number of ether oxygens (including phenoxy) is 1. The highest BCUT2D eigenvalue weighted by Gasteiger charge is 2.03. The molecule has 0 fully saturated rings. The Morgan fingerprint density at radius 1 is 1.50 bits per heavy atom. The Balaban J connectivity index is 0.00000121. The summed E-state index contributed by atoms with van der Waals surface area (Å²) in [5.41, 5.74) is 5.20. The molecule has 1 heterocycles. The van der Waals surface area contributed by atoms with E-state index in [2.05, 4.69) is 9.72 Å². The quantitative estimate of drug-likeness (QED) is 0.783. The third-order valence-corrected chi connectivity index (χ3v) is 0.978. The summed E-state index contributed by atoms with van der Waals surface area (Å²) in [5, 5.41) is 0. The molecular weight excluding hydrogens is 190 g/mol. The number of nitrogens with two attached hydrogens (primary N) is 1. The average molecular weight is 197 g/mol. The Labute approximate surface area is 74.0 Å². The zero-order valence-electron chi connectivity index (χ0n) is 5.91. The molecule has 12 heavy (non-hydrogen) atoms. The van der Waals surface area contributed by atoms with Crippen LogP contribution in [0.4, 0.5) is 14.6 Å². The van der Waals surface area contributed by atoms with E-state index in [9.17, 15) is 8.78 Å². The van der Waals surface area contributed by atoms with Crippen LogP contribution in [0.3, 0.4) is 0 Å². The molecule has 1 aromatic heterocycles. The molecule has 6 heteroatoms. The molecule has 1 aromatic rings. The van der Waals surface area contributed by atoms with E-state index < -0.39 is 6.61 Å². The van der Waals surface area contributed by atoms with Crippen molar-refractivity contribution < 1.29 is 13.5 Å². The summed E-state index contributed by atoms with van der Waals surface area (Å²) >= 11 is 0. The molecule has 0 spiro atoms. The van der Waals surface area contributed by atoms with Crippen molar-refractivity contribution in [3.8, 4) is 5.75 Å². The lowest BCUT2D eigenvalue weighted by atomic mass is 10.4. The lowest BCUT2D eigenvalue weighted by Crippen LogP contribution is -2.02. The van der Waals surface area contributed by atoms with Crippen LogP contribution in [0.15, 0.2) is 18.3 Å². The van der Waals surface area contributed by atoms with Gasteiger partial charge in [0.15, 0.2) is 0 Å². The van der Waals surface area contributed by atoms with Gasteiger partial charge in [0.1, 0.15) is 11.6 Å². The number of nitrogens with zero attached hydrogens (tertiary/aromatic N) is 1. The topological polar surface area (TPSA) is 48.1 Å². The largest absolute Gasteiger partial charge is 0.435 e. The van der Waals surface area contributed by atoms with Gasteiger partial charge in [-0.2, -0.15) is 8.78 Å². The number of halogens is 3. The van der Waals surface area contributed by atoms with E-state index in [0.717, 1.165) is 0 Å². The fourth-order valence-corrected chi connectivity index (χ4v) is 0.604. The Bertz CT molecular complexity index is 247. The molecule has 0 saturated carbocycles. The number of anilines is 1. The molecule has 0 aromatic carbocycles. The highest BCUT2D eigenvalue weighted by atomic mass is 35.5. The molecule has 1 rings (SSSR count). The Morgan fingerprint density at radius 2 is 2.17 bits per heavy atom. The van der Waals surface area contributed by atoms with Crippen molar-refractivity contribution in [1.29, 1.82) is 0 Å². The standard InChI is InChI=1S/C6H6F2N2O.ClH/c7-6(8)11-4-1-2-10-5(9)3-4;/h1-3,6H,(H2,9,10);1H. The van der Waals surface area contributed by atoms with E-state index in [1.165, 1.54) is 18.3 Å². The van der Waals surface area contributed by atoms with E-state index in [1.807, 2.05) is 0 Å². The number of rotatable bonds is 2. The van der Waals surface area contributed by atoms with Crippen molar-refractivity contribution in [2.45, 2.75) is 6.61 Å². The molecule has 0 aliphatic rings. The predicted molar refractivity (Wildman–Crippen MR) is 42.5 cm³/mol. The summed E-state index contributed by atoms with van der Waals surface area (Å²) in [7, 11) is 0. The van der Waals surface area contributed by atoms with Gasteiger partial charge in [-0.1, -0.05) is 0 Å². The van der Waals surface area contributed by atoms with Gasteiger partial charge in [-0.3, -0.25) is 0 Å². The van der Waals surface area contributed by atoms with Crippen molar-refractivity contribution in [3.63, 3.8) is 0 Å². The van der Waals surface area contributed by atoms with Gasteiger partial charge in [-0.15, -0.1) is 12.4 Å². The maximum atomic E-state index is 11.6. The second-order valence-corrected chi connectivity index (χ2v) is 1.79. The van der Waals surface area contributed by atoms with Crippen LogP contribution in [0.1, 0.15) is 0 Å². The summed E-state index contributed by atoms with van der Waals surface area (Å²) in [4.78, 5) is 3.60. The van der Waals surface area contributed by atoms with Gasteiger partial charge in [0.05, 0.1) is 0 Å². The van der Waals surface area contributed by atoms with E-state index >= 15 is 0 Å². The van der Waals surface area contributed by atoms with Crippen LogP contribution in [0.2, 0.25) is 0 Å². The molecule has 3 nitrogen and oxygen atoms in total. The van der Waals surface area contributed by atoms with Crippen molar-refractivity contribution >= 4 is 18.2 Å². The molecule has 0 aliphatic heterocycles. The van der Waals surface area contributed by atoms with Crippen LogP contribution >= 0.6 is 12.4 Å². The van der Waals surface area contributed by atoms with Crippen LogP contribution in [0, 0.1) is 0 Å². The summed E-state index contributed by atoms with van der Waals surface area (Å²) in [6.45, 7) is -2.82. The van der Waals surface area contributed by atoms with E-state index in [4.69, 9.17) is 5.73 Å². The maximum Gasteiger partial charge on any atom is 0.387 e. The number of nitrogen functional groups attached to an aromatic ring is 1. The maximum absolute atomic E-state index is 11.6. The van der Waals surface area contributed by atoms with Crippen LogP contribution in [-0.4, -0.2) is 11.6 Å². The first-order valence-electron chi connectivity index (χ1n) is 2.85. The molecule has 0 saturated heterocycles. The number of alkyl halides is 2. The van der Waals surface area contributed by atoms with Crippen LogP contribution in [0.25, 0.3) is 0 Å². The van der Waals surface area contributed by atoms with Gasteiger partial charge in [0.2, 0.25) is 0 Å². The molecule has 0 atom stereocenters. The van der Waals surface area contributed by atoms with Gasteiger partial charge < -0.3 is 10.5 Å². The zero-order valence-corrected chi connectivity index (χ0v) is 6.72. The van der Waals surface area contributed by atoms with Crippen molar-refractivity contribution in [1.82, 2.24) is 4.98 Å². The molecule has 68 valence electrons. The third-order valence-electron chi connectivity index (χ3n) is 0.978. The third kappa shape index (κ3) is 3.34. The summed E-state index contributed by atoms with van der Waals surface area (Å²) < 4.78 is 27.2. The van der Waals surface area contributed by atoms with E-state index in [1.54, 1.807) is 0 Å². The first kappa shape index (κ1) is 10.9. The highest BCUT2D eigenvalue weighted by molar-refractivity contribution is 5.85. The van der Waals surface area contributed by atoms with Crippen LogP contribution in [0.5, 0.6) is 5.75 Å². The first-order valence-corrected chi connectivity index (χ1v) is 2.85. The van der Waals surface area contributed by atoms with E-state index in [0.29, 0.717) is 0 Å². The molecule has 0 aliphatic carbocycles. The fourth-order valence-electron chi connectivity index (χ4n) is 0.604. The smallest absolute Gasteiger partial charge is 0.387 e. The summed E-state index contributed by atoms with van der Waals surface area (Å²) in [6, 6.07) is 2.54. The van der Waals surface area contributed by atoms with Gasteiger partial charge in [-0.25, -0.2) is 4.98 Å². The normalized spacial score (nSPS) is 9.25. The second-order valence-electron chi connectivity index (χ2n) is 1.79. The number of aromatic nitrogens is 1. The highest BCUT2D eigenvalue weighted by Crippen LogP contribution is 2.14. The molecule has 0 unspecified atom stereocenters.